The summed E-state index contributed by atoms with van der Waals surface area (Å²) >= 11 is 3.33. The van der Waals surface area contributed by atoms with Crippen molar-refractivity contribution in [2.75, 3.05) is 5.73 Å². The number of rotatable bonds is 4. The Labute approximate surface area is 111 Å². The molecule has 94 valence electrons. The number of nitrogen functional groups attached to an aromatic ring is 1. The fourth-order valence-electron chi connectivity index (χ4n) is 1.53. The van der Waals surface area contributed by atoms with Crippen molar-refractivity contribution in [3.05, 3.63) is 28.2 Å². The van der Waals surface area contributed by atoms with Crippen LogP contribution in [0.3, 0.4) is 0 Å². The summed E-state index contributed by atoms with van der Waals surface area (Å²) in [6.45, 7) is 6.26. The van der Waals surface area contributed by atoms with Gasteiger partial charge in [-0.05, 0) is 31.0 Å². The van der Waals surface area contributed by atoms with Gasteiger partial charge in [0.2, 0.25) is 0 Å². The Bertz CT molecular complexity index is 386. The zero-order valence-corrected chi connectivity index (χ0v) is 12.0. The van der Waals surface area contributed by atoms with Gasteiger partial charge in [0.05, 0.1) is 0 Å². The first-order chi connectivity index (χ1) is 7.93. The molecule has 0 bridgehead atoms. The molecule has 0 aliphatic heterocycles. The van der Waals surface area contributed by atoms with Crippen LogP contribution in [0.1, 0.15) is 37.6 Å². The number of anilines is 1. The Morgan fingerprint density at radius 3 is 2.59 bits per heavy atom. The van der Waals surface area contributed by atoms with E-state index >= 15 is 0 Å². The molecule has 0 saturated heterocycles. The Hall–Kier alpha value is -1.03. The lowest BCUT2D eigenvalue weighted by Crippen LogP contribution is -2.36. The molecule has 0 aromatic heterocycles. The number of halogens is 1. The predicted molar refractivity (Wildman–Crippen MR) is 74.9 cm³/mol. The molecule has 0 radical (unpaired) electrons. The second-order valence-corrected chi connectivity index (χ2v) is 5.34. The Balaban J connectivity index is 2.76. The van der Waals surface area contributed by atoms with Gasteiger partial charge in [-0.25, -0.2) is 0 Å². The molecule has 3 nitrogen and oxygen atoms in total. The van der Waals surface area contributed by atoms with Crippen LogP contribution in [-0.4, -0.2) is 11.9 Å². The number of hydrogen-bond donors (Lipinski definition) is 2. The number of nitrogens with two attached hydrogens (primary N) is 1. The van der Waals surface area contributed by atoms with E-state index in [-0.39, 0.29) is 11.9 Å². The molecule has 2 atom stereocenters. The number of amides is 1. The van der Waals surface area contributed by atoms with Crippen LogP contribution in [0.25, 0.3) is 0 Å². The van der Waals surface area contributed by atoms with E-state index in [4.69, 9.17) is 5.73 Å². The van der Waals surface area contributed by atoms with Crippen LogP contribution in [0.5, 0.6) is 0 Å². The molecule has 0 fully saturated rings. The van der Waals surface area contributed by atoms with Gasteiger partial charge in [0, 0.05) is 21.8 Å². The van der Waals surface area contributed by atoms with Gasteiger partial charge in [-0.1, -0.05) is 36.2 Å². The van der Waals surface area contributed by atoms with Crippen LogP contribution in [-0.2, 0) is 0 Å². The summed E-state index contributed by atoms with van der Waals surface area (Å²) in [6.07, 6.45) is 1.04. The normalized spacial score (nSPS) is 14.1. The third-order valence-corrected chi connectivity index (χ3v) is 3.50. The first-order valence-electron chi connectivity index (χ1n) is 5.81. The molecular formula is C13H19BrN2O. The number of benzene rings is 1. The lowest BCUT2D eigenvalue weighted by Gasteiger charge is -2.20. The molecule has 0 aliphatic rings. The minimum Gasteiger partial charge on any atom is -0.399 e. The minimum atomic E-state index is -0.0780. The summed E-state index contributed by atoms with van der Waals surface area (Å²) < 4.78 is 0.818. The highest BCUT2D eigenvalue weighted by Gasteiger charge is 2.14. The second kappa shape index (κ2) is 6.05. The average Bonchev–Trinajstić information content (AvgIpc) is 2.26. The number of carbonyl (C=O) groups is 1. The molecule has 0 aliphatic carbocycles. The quantitative estimate of drug-likeness (QED) is 0.839. The van der Waals surface area contributed by atoms with Crippen molar-refractivity contribution in [3.63, 3.8) is 0 Å². The Morgan fingerprint density at radius 2 is 2.06 bits per heavy atom. The fraction of sp³-hybridized carbons (Fsp3) is 0.462. The molecule has 4 heteroatoms. The maximum absolute atomic E-state index is 12.0. The van der Waals surface area contributed by atoms with Gasteiger partial charge in [0.25, 0.3) is 5.91 Å². The van der Waals surface area contributed by atoms with Crippen LogP contribution in [0.15, 0.2) is 22.7 Å². The lowest BCUT2D eigenvalue weighted by atomic mass is 10.0. The third-order valence-electron chi connectivity index (χ3n) is 3.04. The summed E-state index contributed by atoms with van der Waals surface area (Å²) in [5, 5.41) is 2.99. The highest BCUT2D eigenvalue weighted by atomic mass is 79.9. The van der Waals surface area contributed by atoms with E-state index < -0.39 is 0 Å². The average molecular weight is 299 g/mol. The van der Waals surface area contributed by atoms with Crippen molar-refractivity contribution in [2.45, 2.75) is 33.2 Å². The van der Waals surface area contributed by atoms with Crippen molar-refractivity contribution in [1.82, 2.24) is 5.32 Å². The van der Waals surface area contributed by atoms with E-state index in [1.807, 2.05) is 6.92 Å². The third kappa shape index (κ3) is 4.04. The molecule has 0 heterocycles. The fourth-order valence-corrected chi connectivity index (χ4v) is 2.04. The number of carbonyl (C=O) groups excluding carboxylic acids is 1. The maximum Gasteiger partial charge on any atom is 0.251 e. The predicted octanol–water partition coefficient (Wildman–Crippen LogP) is 3.20. The molecule has 1 aromatic carbocycles. The van der Waals surface area contributed by atoms with Crippen LogP contribution >= 0.6 is 15.9 Å². The lowest BCUT2D eigenvalue weighted by molar-refractivity contribution is 0.0928. The zero-order chi connectivity index (χ0) is 13.0. The van der Waals surface area contributed by atoms with E-state index in [2.05, 4.69) is 35.1 Å². The molecule has 2 unspecified atom stereocenters. The SMILES string of the molecule is CCC(C)C(C)NC(=O)c1cc(N)cc(Br)c1. The maximum atomic E-state index is 12.0. The van der Waals surface area contributed by atoms with Gasteiger partial charge in [0.15, 0.2) is 0 Å². The highest BCUT2D eigenvalue weighted by molar-refractivity contribution is 9.10. The summed E-state index contributed by atoms with van der Waals surface area (Å²) in [5.41, 5.74) is 6.88. The van der Waals surface area contributed by atoms with Crippen molar-refractivity contribution in [1.29, 1.82) is 0 Å². The highest BCUT2D eigenvalue weighted by Crippen LogP contribution is 2.17. The second-order valence-electron chi connectivity index (χ2n) is 4.42. The van der Waals surface area contributed by atoms with Crippen molar-refractivity contribution in [2.24, 2.45) is 5.92 Å². The van der Waals surface area contributed by atoms with E-state index in [1.54, 1.807) is 18.2 Å². The zero-order valence-electron chi connectivity index (χ0n) is 10.5. The molecule has 1 rings (SSSR count). The topological polar surface area (TPSA) is 55.1 Å². The van der Waals surface area contributed by atoms with Crippen molar-refractivity contribution < 1.29 is 4.79 Å². The molecule has 1 amide bonds. The van der Waals surface area contributed by atoms with Crippen LogP contribution in [0, 0.1) is 5.92 Å². The van der Waals surface area contributed by atoms with Gasteiger partial charge in [0.1, 0.15) is 0 Å². The van der Waals surface area contributed by atoms with Gasteiger partial charge >= 0.3 is 0 Å². The van der Waals surface area contributed by atoms with E-state index in [1.165, 1.54) is 0 Å². The van der Waals surface area contributed by atoms with Crippen LogP contribution in [0.2, 0.25) is 0 Å². The Kier molecular flexibility index (Phi) is 5.00. The molecule has 17 heavy (non-hydrogen) atoms. The van der Waals surface area contributed by atoms with Crippen molar-refractivity contribution >= 4 is 27.5 Å². The van der Waals surface area contributed by atoms with E-state index in [0.717, 1.165) is 10.9 Å². The van der Waals surface area contributed by atoms with Gasteiger partial charge in [-0.15, -0.1) is 0 Å². The van der Waals surface area contributed by atoms with Crippen molar-refractivity contribution in [3.8, 4) is 0 Å². The van der Waals surface area contributed by atoms with E-state index in [0.29, 0.717) is 17.2 Å². The minimum absolute atomic E-state index is 0.0780. The van der Waals surface area contributed by atoms with Gasteiger partial charge in [-0.3, -0.25) is 4.79 Å². The molecule has 0 saturated carbocycles. The molecule has 0 spiro atoms. The summed E-state index contributed by atoms with van der Waals surface area (Å²) in [7, 11) is 0. The summed E-state index contributed by atoms with van der Waals surface area (Å²) in [6, 6.07) is 5.39. The van der Waals surface area contributed by atoms with Crippen LogP contribution in [0.4, 0.5) is 5.69 Å². The van der Waals surface area contributed by atoms with Crippen LogP contribution < -0.4 is 11.1 Å². The first-order valence-corrected chi connectivity index (χ1v) is 6.60. The molecular weight excluding hydrogens is 280 g/mol. The summed E-state index contributed by atoms with van der Waals surface area (Å²) in [4.78, 5) is 12.0. The largest absolute Gasteiger partial charge is 0.399 e. The standard InChI is InChI=1S/C13H19BrN2O/c1-4-8(2)9(3)16-13(17)10-5-11(14)7-12(15)6-10/h5-9H,4,15H2,1-3H3,(H,16,17). The van der Waals surface area contributed by atoms with Gasteiger partial charge in [-0.2, -0.15) is 0 Å². The molecule has 3 N–H and O–H groups in total. The van der Waals surface area contributed by atoms with E-state index in [9.17, 15) is 4.79 Å². The first kappa shape index (κ1) is 14.0. The Morgan fingerprint density at radius 1 is 1.41 bits per heavy atom. The number of hydrogen-bond acceptors (Lipinski definition) is 2. The molecule has 1 aromatic rings. The smallest absolute Gasteiger partial charge is 0.251 e. The summed E-state index contributed by atoms with van der Waals surface area (Å²) in [5.74, 6) is 0.384. The van der Waals surface area contributed by atoms with Gasteiger partial charge < -0.3 is 11.1 Å². The monoisotopic (exact) mass is 298 g/mol. The number of nitrogens with one attached hydrogen (secondary N) is 1.